The maximum absolute atomic E-state index is 8.78. The van der Waals surface area contributed by atoms with Gasteiger partial charge < -0.3 is 0 Å². The summed E-state index contributed by atoms with van der Waals surface area (Å²) in [5.41, 5.74) is 1.30. The molecule has 0 unspecified atom stereocenters. The number of nitrogens with zero attached hydrogens (tertiary/aromatic N) is 4. The van der Waals surface area contributed by atoms with E-state index in [0.717, 1.165) is 4.47 Å². The summed E-state index contributed by atoms with van der Waals surface area (Å²) in [6.45, 7) is 0. The van der Waals surface area contributed by atoms with Crippen molar-refractivity contribution >= 4 is 27.0 Å². The average molecular weight is 259 g/mol. The number of hydrogen-bond acceptors (Lipinski definition) is 4. The van der Waals surface area contributed by atoms with Crippen molar-refractivity contribution in [1.82, 2.24) is 9.97 Å². The smallest absolute Gasteiger partial charge is 0.177 e. The van der Waals surface area contributed by atoms with Crippen LogP contribution in [0.4, 0.5) is 0 Å². The molecule has 0 fully saturated rings. The van der Waals surface area contributed by atoms with E-state index < -0.39 is 0 Å². The van der Waals surface area contributed by atoms with Crippen LogP contribution in [0.25, 0.3) is 11.0 Å². The maximum atomic E-state index is 8.78. The monoisotopic (exact) mass is 258 g/mol. The molecule has 1 heterocycles. The molecule has 0 N–H and O–H groups in total. The Labute approximate surface area is 93.9 Å². The number of hydrogen-bond donors (Lipinski definition) is 0. The second-order valence-electron chi connectivity index (χ2n) is 2.75. The van der Waals surface area contributed by atoms with Crippen LogP contribution in [0, 0.1) is 22.7 Å². The van der Waals surface area contributed by atoms with Crippen molar-refractivity contribution in [3.05, 3.63) is 34.1 Å². The lowest BCUT2D eigenvalue weighted by Gasteiger charge is -2.00. The molecule has 2 aromatic rings. The van der Waals surface area contributed by atoms with E-state index >= 15 is 0 Å². The van der Waals surface area contributed by atoms with Gasteiger partial charge in [0.1, 0.15) is 17.7 Å². The van der Waals surface area contributed by atoms with Crippen LogP contribution in [0.2, 0.25) is 0 Å². The van der Waals surface area contributed by atoms with Crippen molar-refractivity contribution in [3.63, 3.8) is 0 Å². The molecule has 70 valence electrons. The van der Waals surface area contributed by atoms with Crippen molar-refractivity contribution in [1.29, 1.82) is 10.5 Å². The predicted octanol–water partition coefficient (Wildman–Crippen LogP) is 2.14. The second-order valence-corrected chi connectivity index (χ2v) is 3.61. The lowest BCUT2D eigenvalue weighted by Crippen LogP contribution is -1.95. The highest BCUT2D eigenvalue weighted by molar-refractivity contribution is 9.10. The largest absolute Gasteiger partial charge is 0.232 e. The zero-order valence-corrected chi connectivity index (χ0v) is 8.98. The predicted molar refractivity (Wildman–Crippen MR) is 56.7 cm³/mol. The van der Waals surface area contributed by atoms with Gasteiger partial charge in [-0.1, -0.05) is 6.07 Å². The maximum Gasteiger partial charge on any atom is 0.177 e. The lowest BCUT2D eigenvalue weighted by atomic mass is 10.2. The van der Waals surface area contributed by atoms with Gasteiger partial charge in [0.05, 0.1) is 5.52 Å². The van der Waals surface area contributed by atoms with Crippen molar-refractivity contribution in [3.8, 4) is 12.1 Å². The Hall–Kier alpha value is -1.98. The van der Waals surface area contributed by atoms with Gasteiger partial charge in [-0.2, -0.15) is 10.5 Å². The highest BCUT2D eigenvalue weighted by Gasteiger charge is 2.09. The van der Waals surface area contributed by atoms with E-state index in [2.05, 4.69) is 25.9 Å². The highest BCUT2D eigenvalue weighted by Crippen LogP contribution is 2.21. The fourth-order valence-corrected chi connectivity index (χ4v) is 1.64. The minimum Gasteiger partial charge on any atom is -0.232 e. The fraction of sp³-hybridized carbons (Fsp3) is 0. The van der Waals surface area contributed by atoms with Crippen LogP contribution in [0.1, 0.15) is 11.4 Å². The molecule has 0 aliphatic heterocycles. The van der Waals surface area contributed by atoms with Gasteiger partial charge >= 0.3 is 0 Å². The Morgan fingerprint density at radius 3 is 2.40 bits per heavy atom. The summed E-state index contributed by atoms with van der Waals surface area (Å²) in [5, 5.41) is 17.5. The molecule has 5 heteroatoms. The Morgan fingerprint density at radius 2 is 1.73 bits per heavy atom. The second kappa shape index (κ2) is 3.64. The number of rotatable bonds is 0. The number of nitriles is 2. The van der Waals surface area contributed by atoms with Crippen LogP contribution >= 0.6 is 15.9 Å². The first kappa shape index (κ1) is 9.57. The van der Waals surface area contributed by atoms with Crippen molar-refractivity contribution in [2.24, 2.45) is 0 Å². The van der Waals surface area contributed by atoms with E-state index in [9.17, 15) is 0 Å². The molecule has 0 aliphatic carbocycles. The lowest BCUT2D eigenvalue weighted by molar-refractivity contribution is 1.19. The van der Waals surface area contributed by atoms with Crippen molar-refractivity contribution in [2.75, 3.05) is 0 Å². The third-order valence-electron chi connectivity index (χ3n) is 1.86. The van der Waals surface area contributed by atoms with Gasteiger partial charge in [-0.3, -0.25) is 0 Å². The summed E-state index contributed by atoms with van der Waals surface area (Å²) in [4.78, 5) is 8.12. The van der Waals surface area contributed by atoms with Gasteiger partial charge in [-0.05, 0) is 28.1 Å². The molecule has 0 radical (unpaired) electrons. The van der Waals surface area contributed by atoms with E-state index in [1.165, 1.54) is 0 Å². The summed E-state index contributed by atoms with van der Waals surface area (Å²) in [5.74, 6) is 0. The zero-order valence-electron chi connectivity index (χ0n) is 7.40. The molecule has 0 atom stereocenters. The molecule has 0 saturated carbocycles. The van der Waals surface area contributed by atoms with Gasteiger partial charge in [-0.25, -0.2) is 9.97 Å². The Bertz CT molecular complexity index is 622. The summed E-state index contributed by atoms with van der Waals surface area (Å²) < 4.78 is 0.758. The number of para-hydroxylation sites is 1. The molecule has 0 amide bonds. The van der Waals surface area contributed by atoms with Gasteiger partial charge in [0.25, 0.3) is 0 Å². The van der Waals surface area contributed by atoms with Crippen LogP contribution in [0.5, 0.6) is 0 Å². The first-order valence-electron chi connectivity index (χ1n) is 4.02. The van der Waals surface area contributed by atoms with Gasteiger partial charge in [0.2, 0.25) is 0 Å². The summed E-state index contributed by atoms with van der Waals surface area (Å²) in [7, 11) is 0. The third-order valence-corrected chi connectivity index (χ3v) is 2.50. The van der Waals surface area contributed by atoms with Crippen LogP contribution in [0.3, 0.4) is 0 Å². The molecule has 4 nitrogen and oxygen atoms in total. The van der Waals surface area contributed by atoms with E-state index in [0.29, 0.717) is 11.0 Å². The van der Waals surface area contributed by atoms with Crippen molar-refractivity contribution < 1.29 is 0 Å². The molecule has 1 aromatic carbocycles. The minimum atomic E-state index is 0.0527. The van der Waals surface area contributed by atoms with E-state index in [1.807, 2.05) is 18.2 Å². The summed E-state index contributed by atoms with van der Waals surface area (Å²) >= 11 is 3.31. The summed E-state index contributed by atoms with van der Waals surface area (Å²) in [6, 6.07) is 9.05. The van der Waals surface area contributed by atoms with Crippen LogP contribution in [-0.4, -0.2) is 9.97 Å². The quantitative estimate of drug-likeness (QED) is 0.726. The average Bonchev–Trinajstić information content (AvgIpc) is 2.28. The molecule has 0 aliphatic rings. The molecular weight excluding hydrogens is 256 g/mol. The molecule has 15 heavy (non-hydrogen) atoms. The molecule has 0 saturated heterocycles. The van der Waals surface area contributed by atoms with Crippen LogP contribution in [-0.2, 0) is 0 Å². The number of fused-ring (bicyclic) bond motifs is 1. The first-order chi connectivity index (χ1) is 7.26. The first-order valence-corrected chi connectivity index (χ1v) is 4.82. The van der Waals surface area contributed by atoms with Gasteiger partial charge in [0.15, 0.2) is 11.4 Å². The standard InChI is InChI=1S/C10H3BrN4/c11-6-2-1-3-7-10(6)15-9(5-13)8(4-12)14-7/h1-3H. The Balaban J connectivity index is 2.90. The Morgan fingerprint density at radius 1 is 1.07 bits per heavy atom. The SMILES string of the molecule is N#Cc1nc2cccc(Br)c2nc1C#N. The Kier molecular flexibility index (Phi) is 2.32. The molecule has 0 spiro atoms. The van der Waals surface area contributed by atoms with Gasteiger partial charge in [-0.15, -0.1) is 0 Å². The van der Waals surface area contributed by atoms with Crippen molar-refractivity contribution in [2.45, 2.75) is 0 Å². The van der Waals surface area contributed by atoms with E-state index in [-0.39, 0.29) is 11.4 Å². The topological polar surface area (TPSA) is 73.4 Å². The van der Waals surface area contributed by atoms with Crippen LogP contribution < -0.4 is 0 Å². The molecular formula is C10H3BrN4. The van der Waals surface area contributed by atoms with E-state index in [4.69, 9.17) is 10.5 Å². The zero-order chi connectivity index (χ0) is 10.8. The molecule has 2 rings (SSSR count). The number of benzene rings is 1. The normalized spacial score (nSPS) is 9.53. The third kappa shape index (κ3) is 1.54. The number of halogens is 1. The highest BCUT2D eigenvalue weighted by atomic mass is 79.9. The number of aromatic nitrogens is 2. The molecule has 1 aromatic heterocycles. The minimum absolute atomic E-state index is 0.0527. The van der Waals surface area contributed by atoms with E-state index in [1.54, 1.807) is 12.1 Å². The van der Waals surface area contributed by atoms with Gasteiger partial charge in [0, 0.05) is 4.47 Å². The van der Waals surface area contributed by atoms with Crippen LogP contribution in [0.15, 0.2) is 22.7 Å². The summed E-state index contributed by atoms with van der Waals surface area (Å²) in [6.07, 6.45) is 0. The molecule has 0 bridgehead atoms. The fourth-order valence-electron chi connectivity index (χ4n) is 1.20.